The van der Waals surface area contributed by atoms with Crippen LogP contribution in [0.1, 0.15) is 61.6 Å². The van der Waals surface area contributed by atoms with E-state index in [4.69, 9.17) is 24.0 Å². The maximum absolute atomic E-state index is 12.6. The standard InChI is InChI=1S/C35H34O10/c1-22-5-15-29(32(36)37)24(17-22)19-43-45-28-13-9-26(10-14-28)42-21-35(3,4)20-41-25-7-11-27(12-8-25)44-34(40)31-18-23(2)6-16-30(31)33(38)39/h5-18H,19-21H2,1-4H3,(H,36,37)(H,38,39). The van der Waals surface area contributed by atoms with Crippen LogP contribution >= 0.6 is 0 Å². The normalized spacial score (nSPS) is 11.0. The summed E-state index contributed by atoms with van der Waals surface area (Å²) >= 11 is 0. The Morgan fingerprint density at radius 3 is 1.67 bits per heavy atom. The zero-order valence-electron chi connectivity index (χ0n) is 25.4. The highest BCUT2D eigenvalue weighted by atomic mass is 17.2. The van der Waals surface area contributed by atoms with Crippen LogP contribution in [0.4, 0.5) is 0 Å². The predicted molar refractivity (Wildman–Crippen MR) is 164 cm³/mol. The van der Waals surface area contributed by atoms with Gasteiger partial charge in [-0.25, -0.2) is 14.4 Å². The molecule has 0 fully saturated rings. The topological polar surface area (TPSA) is 138 Å². The molecule has 0 radical (unpaired) electrons. The lowest BCUT2D eigenvalue weighted by molar-refractivity contribution is -0.217. The number of rotatable bonds is 14. The van der Waals surface area contributed by atoms with E-state index in [9.17, 15) is 24.6 Å². The summed E-state index contributed by atoms with van der Waals surface area (Å²) in [5.41, 5.74) is 1.83. The quantitative estimate of drug-likeness (QED) is 0.0667. The van der Waals surface area contributed by atoms with Crippen molar-refractivity contribution in [2.45, 2.75) is 34.3 Å². The van der Waals surface area contributed by atoms with Gasteiger partial charge in [0.25, 0.3) is 0 Å². The minimum absolute atomic E-state index is 0.0192. The number of hydrogen-bond acceptors (Lipinski definition) is 8. The van der Waals surface area contributed by atoms with Gasteiger partial charge in [0, 0.05) is 5.41 Å². The summed E-state index contributed by atoms with van der Waals surface area (Å²) in [6, 6.07) is 22.8. The summed E-state index contributed by atoms with van der Waals surface area (Å²) in [6.45, 7) is 8.29. The number of carboxylic acid groups (broad SMARTS) is 2. The van der Waals surface area contributed by atoms with E-state index in [1.807, 2.05) is 20.8 Å². The zero-order chi connectivity index (χ0) is 32.6. The van der Waals surface area contributed by atoms with E-state index in [0.29, 0.717) is 36.0 Å². The summed E-state index contributed by atoms with van der Waals surface area (Å²) in [6.07, 6.45) is 0. The molecule has 0 saturated carbocycles. The average Bonchev–Trinajstić information content (AvgIpc) is 3.00. The first-order chi connectivity index (χ1) is 21.4. The first-order valence-corrected chi connectivity index (χ1v) is 14.0. The fourth-order valence-electron chi connectivity index (χ4n) is 4.18. The van der Waals surface area contributed by atoms with E-state index in [0.717, 1.165) is 11.1 Å². The third-order valence-electron chi connectivity index (χ3n) is 6.60. The van der Waals surface area contributed by atoms with Crippen molar-refractivity contribution in [1.82, 2.24) is 0 Å². The molecule has 234 valence electrons. The van der Waals surface area contributed by atoms with Gasteiger partial charge >= 0.3 is 17.9 Å². The highest BCUT2D eigenvalue weighted by Crippen LogP contribution is 2.25. The number of aryl methyl sites for hydroxylation is 2. The molecule has 0 aliphatic heterocycles. The molecule has 4 aromatic carbocycles. The fraction of sp³-hybridized carbons (Fsp3) is 0.229. The van der Waals surface area contributed by atoms with Gasteiger partial charge in [0.15, 0.2) is 5.75 Å². The minimum atomic E-state index is -1.21. The molecule has 0 atom stereocenters. The van der Waals surface area contributed by atoms with Crippen LogP contribution in [0.5, 0.6) is 23.0 Å². The van der Waals surface area contributed by atoms with E-state index < -0.39 is 17.9 Å². The highest BCUT2D eigenvalue weighted by molar-refractivity contribution is 6.03. The number of carbonyl (C=O) groups is 3. The molecule has 2 N–H and O–H groups in total. The lowest BCUT2D eigenvalue weighted by Crippen LogP contribution is -2.28. The summed E-state index contributed by atoms with van der Waals surface area (Å²) in [5, 5.41) is 18.7. The van der Waals surface area contributed by atoms with Gasteiger partial charge in [0.05, 0.1) is 29.9 Å². The van der Waals surface area contributed by atoms with Gasteiger partial charge in [0.2, 0.25) is 0 Å². The molecule has 0 unspecified atom stereocenters. The largest absolute Gasteiger partial charge is 0.493 e. The van der Waals surface area contributed by atoms with Gasteiger partial charge in [-0.05, 0) is 86.1 Å². The molecular weight excluding hydrogens is 580 g/mol. The van der Waals surface area contributed by atoms with Crippen molar-refractivity contribution in [2.24, 2.45) is 5.41 Å². The summed E-state index contributed by atoms with van der Waals surface area (Å²) < 4.78 is 17.3. The van der Waals surface area contributed by atoms with Crippen molar-refractivity contribution in [2.75, 3.05) is 13.2 Å². The van der Waals surface area contributed by atoms with Crippen molar-refractivity contribution in [1.29, 1.82) is 0 Å². The Morgan fingerprint density at radius 1 is 0.622 bits per heavy atom. The zero-order valence-corrected chi connectivity index (χ0v) is 25.4. The molecule has 45 heavy (non-hydrogen) atoms. The molecular formula is C35H34O10. The Hall–Kier alpha value is -5.35. The number of carbonyl (C=O) groups excluding carboxylic acids is 1. The predicted octanol–water partition coefficient (Wildman–Crippen LogP) is 6.91. The molecule has 0 saturated heterocycles. The second-order valence-electron chi connectivity index (χ2n) is 11.2. The Balaban J connectivity index is 1.23. The van der Waals surface area contributed by atoms with Crippen LogP contribution < -0.4 is 19.1 Å². The van der Waals surface area contributed by atoms with E-state index in [-0.39, 0.29) is 34.5 Å². The SMILES string of the molecule is Cc1ccc(C(=O)O)c(COOc2ccc(OCC(C)(C)COc3ccc(OC(=O)c4cc(C)ccc4C(=O)O)cc3)cc2)c1. The van der Waals surface area contributed by atoms with Gasteiger partial charge in [-0.3, -0.25) is 0 Å². The minimum Gasteiger partial charge on any atom is -0.493 e. The van der Waals surface area contributed by atoms with Crippen LogP contribution in [0.15, 0.2) is 84.9 Å². The number of carboxylic acids is 2. The molecule has 10 heteroatoms. The van der Waals surface area contributed by atoms with Crippen LogP contribution in [0.3, 0.4) is 0 Å². The van der Waals surface area contributed by atoms with Crippen LogP contribution in [-0.4, -0.2) is 41.3 Å². The van der Waals surface area contributed by atoms with E-state index in [1.165, 1.54) is 12.1 Å². The van der Waals surface area contributed by atoms with Crippen molar-refractivity contribution in [3.63, 3.8) is 0 Å². The van der Waals surface area contributed by atoms with Crippen molar-refractivity contribution >= 4 is 17.9 Å². The number of aromatic carboxylic acids is 2. The van der Waals surface area contributed by atoms with Gasteiger partial charge in [0.1, 0.15) is 23.9 Å². The molecule has 0 bridgehead atoms. The van der Waals surface area contributed by atoms with Crippen LogP contribution in [0.2, 0.25) is 0 Å². The Morgan fingerprint density at radius 2 is 1.11 bits per heavy atom. The Bertz CT molecular complexity index is 1660. The molecule has 0 aliphatic rings. The highest BCUT2D eigenvalue weighted by Gasteiger charge is 2.21. The fourth-order valence-corrected chi connectivity index (χ4v) is 4.18. The Labute approximate surface area is 260 Å². The summed E-state index contributed by atoms with van der Waals surface area (Å²) in [4.78, 5) is 46.1. The van der Waals surface area contributed by atoms with Crippen LogP contribution in [0, 0.1) is 19.3 Å². The first-order valence-electron chi connectivity index (χ1n) is 14.0. The van der Waals surface area contributed by atoms with Gasteiger partial charge < -0.3 is 29.3 Å². The van der Waals surface area contributed by atoms with Crippen molar-refractivity contribution in [3.8, 4) is 23.0 Å². The molecule has 0 amide bonds. The lowest BCUT2D eigenvalue weighted by Gasteiger charge is -2.25. The lowest BCUT2D eigenvalue weighted by atomic mass is 9.96. The third kappa shape index (κ3) is 9.32. The van der Waals surface area contributed by atoms with Gasteiger partial charge in [-0.15, -0.1) is 0 Å². The monoisotopic (exact) mass is 614 g/mol. The van der Waals surface area contributed by atoms with Gasteiger partial charge in [-0.1, -0.05) is 43.2 Å². The number of hydrogen-bond donors (Lipinski definition) is 2. The average molecular weight is 615 g/mol. The van der Waals surface area contributed by atoms with Gasteiger partial charge in [-0.2, -0.15) is 4.89 Å². The second-order valence-corrected chi connectivity index (χ2v) is 11.2. The first kappa shape index (κ1) is 32.6. The van der Waals surface area contributed by atoms with Crippen molar-refractivity contribution < 1.29 is 48.6 Å². The number of esters is 1. The maximum atomic E-state index is 12.6. The van der Waals surface area contributed by atoms with Crippen LogP contribution in [-0.2, 0) is 11.5 Å². The second kappa shape index (κ2) is 14.4. The molecule has 0 aliphatic carbocycles. The summed E-state index contributed by atoms with van der Waals surface area (Å²) in [5.74, 6) is -1.12. The molecule has 0 heterocycles. The molecule has 10 nitrogen and oxygen atoms in total. The molecule has 0 aromatic heterocycles. The number of benzene rings is 4. The van der Waals surface area contributed by atoms with Crippen molar-refractivity contribution in [3.05, 3.63) is 118 Å². The molecule has 4 rings (SSSR count). The molecule has 0 spiro atoms. The summed E-state index contributed by atoms with van der Waals surface area (Å²) in [7, 11) is 0. The maximum Gasteiger partial charge on any atom is 0.344 e. The van der Waals surface area contributed by atoms with E-state index in [1.54, 1.807) is 79.7 Å². The smallest absolute Gasteiger partial charge is 0.344 e. The number of ether oxygens (including phenoxy) is 3. The Kier molecular flexibility index (Phi) is 10.4. The molecule has 4 aromatic rings. The van der Waals surface area contributed by atoms with E-state index >= 15 is 0 Å². The third-order valence-corrected chi connectivity index (χ3v) is 6.60. The van der Waals surface area contributed by atoms with E-state index in [2.05, 4.69) is 0 Å². The van der Waals surface area contributed by atoms with Crippen LogP contribution in [0.25, 0.3) is 0 Å².